The van der Waals surface area contributed by atoms with Gasteiger partial charge >= 0.3 is 11.9 Å². The van der Waals surface area contributed by atoms with E-state index < -0.39 is 18.5 Å². The lowest BCUT2D eigenvalue weighted by Crippen LogP contribution is -2.01. The molecule has 0 spiro atoms. The topological polar surface area (TPSA) is 83.8 Å². The number of carboxylic acid groups (broad SMARTS) is 1. The minimum Gasteiger partial charge on any atom is -0.478 e. The summed E-state index contributed by atoms with van der Waals surface area (Å²) in [5, 5.41) is 15.9. The van der Waals surface area contributed by atoms with E-state index in [2.05, 4.69) is 17.9 Å². The van der Waals surface area contributed by atoms with E-state index in [4.69, 9.17) is 10.2 Å². The SMILES string of the molecule is C=C(CO)C(=O)O.C=CC(=O)OC. The normalized spacial score (nSPS) is 7.54. The second-order valence-electron chi connectivity index (χ2n) is 1.79. The molecule has 0 aliphatic rings. The van der Waals surface area contributed by atoms with Crippen molar-refractivity contribution >= 4 is 11.9 Å². The van der Waals surface area contributed by atoms with Crippen molar-refractivity contribution in [1.29, 1.82) is 0 Å². The zero-order valence-electron chi connectivity index (χ0n) is 7.32. The Morgan fingerprint density at radius 2 is 2.00 bits per heavy atom. The van der Waals surface area contributed by atoms with E-state index in [1.165, 1.54) is 7.11 Å². The van der Waals surface area contributed by atoms with Gasteiger partial charge in [-0.25, -0.2) is 9.59 Å². The predicted octanol–water partition coefficient (Wildman–Crippen LogP) is -0.0351. The van der Waals surface area contributed by atoms with Gasteiger partial charge in [-0.1, -0.05) is 13.2 Å². The van der Waals surface area contributed by atoms with Crippen LogP contribution >= 0.6 is 0 Å². The minimum atomic E-state index is -1.15. The number of ether oxygens (including phenoxy) is 1. The maximum Gasteiger partial charge on any atom is 0.333 e. The van der Waals surface area contributed by atoms with E-state index in [1.807, 2.05) is 0 Å². The van der Waals surface area contributed by atoms with Crippen molar-refractivity contribution in [1.82, 2.24) is 0 Å². The van der Waals surface area contributed by atoms with Crippen LogP contribution in [0, 0.1) is 0 Å². The molecule has 0 aromatic carbocycles. The molecule has 0 fully saturated rings. The average molecular weight is 188 g/mol. The number of hydrogen-bond donors (Lipinski definition) is 2. The smallest absolute Gasteiger partial charge is 0.333 e. The van der Waals surface area contributed by atoms with Crippen LogP contribution in [0.1, 0.15) is 0 Å². The Morgan fingerprint density at radius 1 is 1.54 bits per heavy atom. The summed E-state index contributed by atoms with van der Waals surface area (Å²) in [6, 6.07) is 0. The third-order valence-electron chi connectivity index (χ3n) is 0.861. The molecule has 0 atom stereocenters. The van der Waals surface area contributed by atoms with Crippen molar-refractivity contribution in [2.75, 3.05) is 13.7 Å². The number of esters is 1. The lowest BCUT2D eigenvalue weighted by molar-refractivity contribution is -0.135. The summed E-state index contributed by atoms with van der Waals surface area (Å²) in [4.78, 5) is 19.5. The summed E-state index contributed by atoms with van der Waals surface area (Å²) in [6.07, 6.45) is 1.11. The predicted molar refractivity (Wildman–Crippen MR) is 46.1 cm³/mol. The van der Waals surface area contributed by atoms with Crippen LogP contribution in [0.15, 0.2) is 24.8 Å². The molecule has 0 rings (SSSR count). The van der Waals surface area contributed by atoms with Crippen molar-refractivity contribution < 1.29 is 24.5 Å². The number of aliphatic hydroxyl groups is 1. The van der Waals surface area contributed by atoms with Gasteiger partial charge in [0.15, 0.2) is 0 Å². The summed E-state index contributed by atoms with van der Waals surface area (Å²) in [5.74, 6) is -1.54. The summed E-state index contributed by atoms with van der Waals surface area (Å²) in [5.41, 5.74) is -0.181. The first kappa shape index (κ1) is 13.9. The van der Waals surface area contributed by atoms with Crippen LogP contribution < -0.4 is 0 Å². The molecule has 0 saturated heterocycles. The van der Waals surface area contributed by atoms with Gasteiger partial charge in [-0.2, -0.15) is 0 Å². The summed E-state index contributed by atoms with van der Waals surface area (Å²) < 4.78 is 4.14. The number of carboxylic acids is 1. The Hall–Kier alpha value is -1.62. The Morgan fingerprint density at radius 3 is 2.00 bits per heavy atom. The van der Waals surface area contributed by atoms with Crippen LogP contribution in [0.3, 0.4) is 0 Å². The molecule has 5 heteroatoms. The fourth-order valence-corrected chi connectivity index (χ4v) is 0.151. The zero-order chi connectivity index (χ0) is 10.9. The second kappa shape index (κ2) is 8.48. The maximum atomic E-state index is 9.84. The standard InChI is InChI=1S/C4H6O3.C4H6O2/c1-3(2-5)4(6)7;1-3-4(5)6-2/h5H,1-2H2,(H,6,7);3H,1H2,2H3. The van der Waals surface area contributed by atoms with Gasteiger partial charge in [0.2, 0.25) is 0 Å². The van der Waals surface area contributed by atoms with Crippen LogP contribution in [0.4, 0.5) is 0 Å². The molecule has 0 saturated carbocycles. The molecule has 5 nitrogen and oxygen atoms in total. The van der Waals surface area contributed by atoms with E-state index in [0.29, 0.717) is 0 Å². The minimum absolute atomic E-state index is 0.181. The van der Waals surface area contributed by atoms with Crippen LogP contribution in [-0.2, 0) is 14.3 Å². The molecular formula is C8H12O5. The first-order valence-corrected chi connectivity index (χ1v) is 3.21. The van der Waals surface area contributed by atoms with Gasteiger partial charge in [0, 0.05) is 6.08 Å². The van der Waals surface area contributed by atoms with Crippen molar-refractivity contribution in [2.24, 2.45) is 0 Å². The van der Waals surface area contributed by atoms with Gasteiger partial charge in [-0.05, 0) is 0 Å². The Bertz CT molecular complexity index is 207. The van der Waals surface area contributed by atoms with E-state index >= 15 is 0 Å². The molecule has 0 aliphatic heterocycles. The highest BCUT2D eigenvalue weighted by molar-refractivity contribution is 5.85. The fourth-order valence-electron chi connectivity index (χ4n) is 0.151. The number of carbonyl (C=O) groups excluding carboxylic acids is 1. The number of aliphatic carboxylic acids is 1. The van der Waals surface area contributed by atoms with Crippen LogP contribution in [-0.4, -0.2) is 35.9 Å². The number of methoxy groups -OCH3 is 1. The van der Waals surface area contributed by atoms with Crippen LogP contribution in [0.25, 0.3) is 0 Å². The molecule has 0 aromatic rings. The fraction of sp³-hybridized carbons (Fsp3) is 0.250. The summed E-state index contributed by atoms with van der Waals surface area (Å²) in [6.45, 7) is 5.70. The van der Waals surface area contributed by atoms with Crippen molar-refractivity contribution in [3.8, 4) is 0 Å². The largest absolute Gasteiger partial charge is 0.478 e. The summed E-state index contributed by atoms with van der Waals surface area (Å²) in [7, 11) is 1.31. The monoisotopic (exact) mass is 188 g/mol. The van der Waals surface area contributed by atoms with Gasteiger partial charge in [0.25, 0.3) is 0 Å². The number of carbonyl (C=O) groups is 2. The molecule has 0 bridgehead atoms. The van der Waals surface area contributed by atoms with Crippen molar-refractivity contribution in [2.45, 2.75) is 0 Å². The van der Waals surface area contributed by atoms with Crippen LogP contribution in [0.5, 0.6) is 0 Å². The van der Waals surface area contributed by atoms with E-state index in [1.54, 1.807) is 0 Å². The Labute approximate surface area is 75.9 Å². The molecule has 2 N–H and O–H groups in total. The molecule has 0 unspecified atom stereocenters. The average Bonchev–Trinajstić information content (AvgIpc) is 2.16. The number of rotatable bonds is 3. The molecule has 0 heterocycles. The molecule has 0 aromatic heterocycles. The quantitative estimate of drug-likeness (QED) is 0.479. The lowest BCUT2D eigenvalue weighted by Gasteiger charge is -1.87. The lowest BCUT2D eigenvalue weighted by atomic mass is 10.3. The first-order chi connectivity index (χ1) is 5.99. The first-order valence-electron chi connectivity index (χ1n) is 3.21. The molecule has 0 aliphatic carbocycles. The van der Waals surface area contributed by atoms with E-state index in [0.717, 1.165) is 6.08 Å². The highest BCUT2D eigenvalue weighted by Crippen LogP contribution is 1.83. The van der Waals surface area contributed by atoms with Gasteiger partial charge in [-0.15, -0.1) is 0 Å². The molecule has 0 amide bonds. The van der Waals surface area contributed by atoms with E-state index in [-0.39, 0.29) is 5.57 Å². The molecule has 13 heavy (non-hydrogen) atoms. The molecular weight excluding hydrogens is 176 g/mol. The third kappa shape index (κ3) is 10.4. The maximum absolute atomic E-state index is 9.84. The Kier molecular flexibility index (Phi) is 9.09. The molecule has 74 valence electrons. The van der Waals surface area contributed by atoms with Gasteiger partial charge in [-0.3, -0.25) is 0 Å². The molecule has 0 radical (unpaired) electrons. The third-order valence-corrected chi connectivity index (χ3v) is 0.861. The van der Waals surface area contributed by atoms with Gasteiger partial charge < -0.3 is 14.9 Å². The second-order valence-corrected chi connectivity index (χ2v) is 1.79. The number of hydrogen-bond acceptors (Lipinski definition) is 4. The summed E-state index contributed by atoms with van der Waals surface area (Å²) >= 11 is 0. The van der Waals surface area contributed by atoms with Crippen LogP contribution in [0.2, 0.25) is 0 Å². The van der Waals surface area contributed by atoms with Crippen molar-refractivity contribution in [3.63, 3.8) is 0 Å². The van der Waals surface area contributed by atoms with Gasteiger partial charge in [0.1, 0.15) is 0 Å². The van der Waals surface area contributed by atoms with Gasteiger partial charge in [0.05, 0.1) is 19.3 Å². The highest BCUT2D eigenvalue weighted by atomic mass is 16.5. The number of aliphatic hydroxyl groups excluding tert-OH is 1. The highest BCUT2D eigenvalue weighted by Gasteiger charge is 1.97. The Balaban J connectivity index is 0. The van der Waals surface area contributed by atoms with E-state index in [9.17, 15) is 9.59 Å². The van der Waals surface area contributed by atoms with Crippen molar-refractivity contribution in [3.05, 3.63) is 24.8 Å². The zero-order valence-corrected chi connectivity index (χ0v) is 7.32.